The molecule has 0 fully saturated rings. The lowest BCUT2D eigenvalue weighted by Gasteiger charge is -2.15. The zero-order valence-electron chi connectivity index (χ0n) is 11.6. The van der Waals surface area contributed by atoms with Crippen LogP contribution in [0.15, 0.2) is 46.0 Å². The first kappa shape index (κ1) is 14.6. The first-order valence-corrected chi connectivity index (χ1v) is 8.58. The lowest BCUT2D eigenvalue weighted by atomic mass is 10.1. The van der Waals surface area contributed by atoms with E-state index < -0.39 is 0 Å². The minimum Gasteiger partial charge on any atom is -0.316 e. The fraction of sp³-hybridized carbons (Fsp3) is 0.375. The molecule has 2 aromatic rings. The van der Waals surface area contributed by atoms with Crippen molar-refractivity contribution in [2.24, 2.45) is 0 Å². The van der Waals surface area contributed by atoms with Crippen LogP contribution in [0.2, 0.25) is 0 Å². The maximum absolute atomic E-state index is 3.43. The van der Waals surface area contributed by atoms with Gasteiger partial charge in [-0.3, -0.25) is 0 Å². The lowest BCUT2D eigenvalue weighted by Crippen LogP contribution is -2.28. The van der Waals surface area contributed by atoms with Crippen LogP contribution in [-0.4, -0.2) is 18.8 Å². The molecule has 1 heterocycles. The van der Waals surface area contributed by atoms with Crippen molar-refractivity contribution in [1.29, 1.82) is 0 Å². The summed E-state index contributed by atoms with van der Waals surface area (Å²) < 4.78 is 0. The summed E-state index contributed by atoms with van der Waals surface area (Å²) in [5.74, 6) is 1.13. The number of nitrogens with one attached hydrogen (secondary N) is 1. The van der Waals surface area contributed by atoms with Crippen LogP contribution in [-0.2, 0) is 6.42 Å². The van der Waals surface area contributed by atoms with E-state index in [9.17, 15) is 0 Å². The molecule has 1 atom stereocenters. The average Bonchev–Trinajstić information content (AvgIpc) is 2.92. The minimum absolute atomic E-state index is 0.574. The summed E-state index contributed by atoms with van der Waals surface area (Å²) in [6, 6.07) is 11.5. The van der Waals surface area contributed by atoms with Crippen LogP contribution in [0.5, 0.6) is 0 Å². The fourth-order valence-corrected chi connectivity index (χ4v) is 3.86. The Morgan fingerprint density at radius 2 is 2.21 bits per heavy atom. The van der Waals surface area contributed by atoms with Crippen LogP contribution >= 0.6 is 23.1 Å². The fourth-order valence-electron chi connectivity index (χ4n) is 1.99. The Labute approximate surface area is 124 Å². The Balaban J connectivity index is 1.79. The Morgan fingerprint density at radius 1 is 1.32 bits per heavy atom. The molecule has 0 amide bonds. The second kappa shape index (κ2) is 7.73. The van der Waals surface area contributed by atoms with E-state index in [0.29, 0.717) is 6.04 Å². The van der Waals surface area contributed by atoms with Gasteiger partial charge in [0.2, 0.25) is 0 Å². The van der Waals surface area contributed by atoms with Gasteiger partial charge in [0.15, 0.2) is 0 Å². The third-order valence-corrected chi connectivity index (χ3v) is 5.10. The number of aryl methyl sites for hydroxylation is 2. The first-order valence-electron chi connectivity index (χ1n) is 6.65. The van der Waals surface area contributed by atoms with Gasteiger partial charge >= 0.3 is 0 Å². The summed E-state index contributed by atoms with van der Waals surface area (Å²) in [4.78, 5) is 1.37. The molecule has 0 bridgehead atoms. The summed E-state index contributed by atoms with van der Waals surface area (Å²) in [6.45, 7) is 2.15. The van der Waals surface area contributed by atoms with E-state index in [1.807, 2.05) is 11.8 Å². The van der Waals surface area contributed by atoms with E-state index in [0.717, 1.165) is 5.75 Å². The van der Waals surface area contributed by atoms with Gasteiger partial charge in [-0.1, -0.05) is 17.7 Å². The molecule has 0 aliphatic heterocycles. The summed E-state index contributed by atoms with van der Waals surface area (Å²) in [5.41, 5.74) is 2.80. The van der Waals surface area contributed by atoms with Crippen molar-refractivity contribution in [1.82, 2.24) is 5.32 Å². The highest BCUT2D eigenvalue weighted by Gasteiger charge is 2.07. The number of hydrogen-bond acceptors (Lipinski definition) is 3. The molecule has 0 saturated carbocycles. The number of rotatable bonds is 7. The van der Waals surface area contributed by atoms with Crippen LogP contribution in [0, 0.1) is 6.92 Å². The summed E-state index contributed by atoms with van der Waals surface area (Å²) in [5, 5.41) is 7.84. The molecular weight excluding hydrogens is 270 g/mol. The van der Waals surface area contributed by atoms with Gasteiger partial charge in [-0.25, -0.2) is 0 Å². The Hall–Kier alpha value is -0.770. The predicted octanol–water partition coefficient (Wildman–Crippen LogP) is 4.37. The van der Waals surface area contributed by atoms with Gasteiger partial charge in [-0.05, 0) is 61.3 Å². The van der Waals surface area contributed by atoms with E-state index >= 15 is 0 Å². The molecule has 2 rings (SSSR count). The van der Waals surface area contributed by atoms with Gasteiger partial charge in [0.1, 0.15) is 0 Å². The van der Waals surface area contributed by atoms with Crippen molar-refractivity contribution in [2.45, 2.75) is 30.7 Å². The molecule has 1 unspecified atom stereocenters. The van der Waals surface area contributed by atoms with Gasteiger partial charge in [0.25, 0.3) is 0 Å². The van der Waals surface area contributed by atoms with Gasteiger partial charge < -0.3 is 5.32 Å². The highest BCUT2D eigenvalue weighted by atomic mass is 32.2. The molecule has 102 valence electrons. The Kier molecular flexibility index (Phi) is 5.95. The summed E-state index contributed by atoms with van der Waals surface area (Å²) >= 11 is 3.73. The topological polar surface area (TPSA) is 12.0 Å². The van der Waals surface area contributed by atoms with Crippen LogP contribution in [0.1, 0.15) is 17.5 Å². The smallest absolute Gasteiger partial charge is 0.0161 e. The number of thiophene rings is 1. The lowest BCUT2D eigenvalue weighted by molar-refractivity contribution is 0.573. The third kappa shape index (κ3) is 5.01. The zero-order chi connectivity index (χ0) is 13.5. The molecule has 1 nitrogen and oxygen atoms in total. The molecule has 1 N–H and O–H groups in total. The second-order valence-corrected chi connectivity index (χ2v) is 6.66. The van der Waals surface area contributed by atoms with Crippen LogP contribution in [0.3, 0.4) is 0 Å². The van der Waals surface area contributed by atoms with E-state index in [2.05, 4.69) is 60.4 Å². The quantitative estimate of drug-likeness (QED) is 0.760. The number of hydrogen-bond donors (Lipinski definition) is 1. The average molecular weight is 291 g/mol. The van der Waals surface area contributed by atoms with E-state index in [-0.39, 0.29) is 0 Å². The third-order valence-electron chi connectivity index (χ3n) is 3.21. The zero-order valence-corrected chi connectivity index (χ0v) is 13.2. The monoisotopic (exact) mass is 291 g/mol. The van der Waals surface area contributed by atoms with Crippen molar-refractivity contribution in [3.8, 4) is 0 Å². The van der Waals surface area contributed by atoms with Crippen LogP contribution in [0.4, 0.5) is 0 Å². The summed E-state index contributed by atoms with van der Waals surface area (Å²) in [6.07, 6.45) is 2.37. The first-order chi connectivity index (χ1) is 9.28. The second-order valence-electron chi connectivity index (χ2n) is 4.78. The van der Waals surface area contributed by atoms with Gasteiger partial charge in [0, 0.05) is 16.7 Å². The Bertz CT molecular complexity index is 479. The molecule has 0 saturated heterocycles. The SMILES string of the molecule is CNC(CCc1ccsc1)CSc1cccc(C)c1. The highest BCUT2D eigenvalue weighted by molar-refractivity contribution is 7.99. The normalized spacial score (nSPS) is 12.5. The van der Waals surface area contributed by atoms with Crippen LogP contribution in [0.25, 0.3) is 0 Å². The minimum atomic E-state index is 0.574. The Morgan fingerprint density at radius 3 is 2.89 bits per heavy atom. The van der Waals surface area contributed by atoms with E-state index in [4.69, 9.17) is 0 Å². The largest absolute Gasteiger partial charge is 0.316 e. The molecule has 1 aromatic heterocycles. The maximum Gasteiger partial charge on any atom is 0.0161 e. The van der Waals surface area contributed by atoms with Gasteiger partial charge in [-0.15, -0.1) is 11.8 Å². The highest BCUT2D eigenvalue weighted by Crippen LogP contribution is 2.21. The molecule has 0 aliphatic rings. The van der Waals surface area contributed by atoms with Crippen molar-refractivity contribution in [2.75, 3.05) is 12.8 Å². The standard InChI is InChI=1S/C16H21NS2/c1-13-4-3-5-16(10-13)19-12-15(17-2)7-6-14-8-9-18-11-14/h3-5,8-11,15,17H,6-7,12H2,1-2H3. The van der Waals surface area contributed by atoms with E-state index in [1.54, 1.807) is 11.3 Å². The maximum atomic E-state index is 3.43. The molecule has 3 heteroatoms. The molecule has 0 aliphatic carbocycles. The van der Waals surface area contributed by atoms with Crippen LogP contribution < -0.4 is 5.32 Å². The number of benzene rings is 1. The predicted molar refractivity (Wildman–Crippen MR) is 87.4 cm³/mol. The molecular formula is C16H21NS2. The van der Waals surface area contributed by atoms with E-state index in [1.165, 1.54) is 28.9 Å². The molecule has 1 aromatic carbocycles. The molecule has 0 radical (unpaired) electrons. The number of thioether (sulfide) groups is 1. The molecule has 0 spiro atoms. The molecule has 19 heavy (non-hydrogen) atoms. The van der Waals surface area contributed by atoms with Crippen molar-refractivity contribution in [3.63, 3.8) is 0 Å². The van der Waals surface area contributed by atoms with Crippen molar-refractivity contribution >= 4 is 23.1 Å². The van der Waals surface area contributed by atoms with Gasteiger partial charge in [-0.2, -0.15) is 11.3 Å². The van der Waals surface area contributed by atoms with Crippen molar-refractivity contribution in [3.05, 3.63) is 52.2 Å². The van der Waals surface area contributed by atoms with Crippen molar-refractivity contribution < 1.29 is 0 Å². The van der Waals surface area contributed by atoms with Gasteiger partial charge in [0.05, 0.1) is 0 Å². The summed E-state index contributed by atoms with van der Waals surface area (Å²) in [7, 11) is 2.06.